The first-order valence-electron chi connectivity index (χ1n) is 6.34. The van der Waals surface area contributed by atoms with Crippen LogP contribution in [0.3, 0.4) is 0 Å². The van der Waals surface area contributed by atoms with E-state index in [0.29, 0.717) is 0 Å². The van der Waals surface area contributed by atoms with Crippen molar-refractivity contribution >= 4 is 10.9 Å². The third-order valence-corrected chi connectivity index (χ3v) is 3.11. The van der Waals surface area contributed by atoms with Crippen molar-refractivity contribution < 1.29 is 0 Å². The van der Waals surface area contributed by atoms with E-state index in [9.17, 15) is 0 Å². The molecule has 2 heterocycles. The van der Waals surface area contributed by atoms with Gasteiger partial charge in [-0.25, -0.2) is 9.67 Å². The molecule has 0 atom stereocenters. The first-order chi connectivity index (χ1) is 9.28. The zero-order valence-electron chi connectivity index (χ0n) is 11.1. The maximum atomic E-state index is 4.67. The highest BCUT2D eigenvalue weighted by Crippen LogP contribution is 2.20. The summed E-state index contributed by atoms with van der Waals surface area (Å²) in [6.45, 7) is 2.79. The fraction of sp³-hybridized carbons (Fsp3) is 0.200. The fourth-order valence-electron chi connectivity index (χ4n) is 2.23. The molecule has 0 amide bonds. The molecule has 0 fully saturated rings. The van der Waals surface area contributed by atoms with Crippen LogP contribution in [0.1, 0.15) is 11.3 Å². The average Bonchev–Trinajstić information content (AvgIpc) is 2.86. The minimum Gasteiger partial charge on any atom is -0.316 e. The molecular formula is C15H16N4. The van der Waals surface area contributed by atoms with Crippen LogP contribution < -0.4 is 5.32 Å². The number of hydrogen-bond acceptors (Lipinski definition) is 3. The van der Waals surface area contributed by atoms with Gasteiger partial charge in [0.2, 0.25) is 0 Å². The first kappa shape index (κ1) is 11.9. The Hall–Kier alpha value is -2.20. The summed E-state index contributed by atoms with van der Waals surface area (Å²) in [7, 11) is 1.95. The molecule has 3 rings (SSSR count). The van der Waals surface area contributed by atoms with Crippen molar-refractivity contribution in [2.45, 2.75) is 13.5 Å². The Labute approximate surface area is 112 Å². The molecule has 0 radical (unpaired) electrons. The molecule has 0 aliphatic heterocycles. The second-order valence-corrected chi connectivity index (χ2v) is 4.59. The molecule has 0 unspecified atom stereocenters. The maximum absolute atomic E-state index is 4.67. The second kappa shape index (κ2) is 4.82. The SMILES string of the molecule is CNCc1cc(-n2ccc(C)n2)nc2ccccc12. The van der Waals surface area contributed by atoms with Gasteiger partial charge in [0.05, 0.1) is 11.2 Å². The van der Waals surface area contributed by atoms with Gasteiger partial charge in [-0.2, -0.15) is 5.10 Å². The maximum Gasteiger partial charge on any atom is 0.154 e. The molecule has 2 aromatic heterocycles. The summed E-state index contributed by atoms with van der Waals surface area (Å²) in [4.78, 5) is 4.67. The topological polar surface area (TPSA) is 42.7 Å². The number of rotatable bonds is 3. The fourth-order valence-corrected chi connectivity index (χ4v) is 2.23. The van der Waals surface area contributed by atoms with Crippen LogP contribution in [0.2, 0.25) is 0 Å². The van der Waals surface area contributed by atoms with Crippen molar-refractivity contribution in [1.29, 1.82) is 0 Å². The lowest BCUT2D eigenvalue weighted by atomic mass is 10.1. The third kappa shape index (κ3) is 2.22. The van der Waals surface area contributed by atoms with E-state index >= 15 is 0 Å². The quantitative estimate of drug-likeness (QED) is 0.778. The molecule has 96 valence electrons. The Kier molecular flexibility index (Phi) is 3.01. The van der Waals surface area contributed by atoms with E-state index in [4.69, 9.17) is 0 Å². The molecule has 1 N–H and O–H groups in total. The Morgan fingerprint density at radius 2 is 2.05 bits per heavy atom. The molecule has 4 nitrogen and oxygen atoms in total. The van der Waals surface area contributed by atoms with Crippen molar-refractivity contribution in [3.8, 4) is 5.82 Å². The van der Waals surface area contributed by atoms with Gasteiger partial charge in [-0.3, -0.25) is 0 Å². The number of nitrogens with zero attached hydrogens (tertiary/aromatic N) is 3. The number of aromatic nitrogens is 3. The van der Waals surface area contributed by atoms with Gasteiger partial charge < -0.3 is 5.32 Å². The lowest BCUT2D eigenvalue weighted by Gasteiger charge is -2.09. The molecule has 1 aromatic carbocycles. The molecule has 3 aromatic rings. The minimum atomic E-state index is 0.816. The van der Waals surface area contributed by atoms with Gasteiger partial charge in [-0.05, 0) is 37.7 Å². The second-order valence-electron chi connectivity index (χ2n) is 4.59. The van der Waals surface area contributed by atoms with Gasteiger partial charge in [0.1, 0.15) is 0 Å². The van der Waals surface area contributed by atoms with Crippen LogP contribution in [-0.2, 0) is 6.54 Å². The van der Waals surface area contributed by atoms with Crippen LogP contribution >= 0.6 is 0 Å². The predicted octanol–water partition coefficient (Wildman–Crippen LogP) is 2.45. The van der Waals surface area contributed by atoms with Crippen LogP contribution in [-0.4, -0.2) is 21.8 Å². The summed E-state index contributed by atoms with van der Waals surface area (Å²) in [5.41, 5.74) is 3.22. The molecule has 0 saturated carbocycles. The summed E-state index contributed by atoms with van der Waals surface area (Å²) in [5, 5.41) is 8.81. The summed E-state index contributed by atoms with van der Waals surface area (Å²) >= 11 is 0. The van der Waals surface area contributed by atoms with Crippen LogP contribution in [0.25, 0.3) is 16.7 Å². The molecule has 0 aliphatic carbocycles. The number of nitrogens with one attached hydrogen (secondary N) is 1. The van der Waals surface area contributed by atoms with Crippen LogP contribution in [0.5, 0.6) is 0 Å². The zero-order chi connectivity index (χ0) is 13.2. The molecular weight excluding hydrogens is 236 g/mol. The number of benzene rings is 1. The smallest absolute Gasteiger partial charge is 0.154 e. The first-order valence-corrected chi connectivity index (χ1v) is 6.34. The van der Waals surface area contributed by atoms with E-state index in [1.165, 1.54) is 10.9 Å². The van der Waals surface area contributed by atoms with Crippen LogP contribution in [0.4, 0.5) is 0 Å². The van der Waals surface area contributed by atoms with Gasteiger partial charge in [0.25, 0.3) is 0 Å². The van der Waals surface area contributed by atoms with E-state index in [2.05, 4.69) is 27.5 Å². The van der Waals surface area contributed by atoms with E-state index in [0.717, 1.165) is 23.6 Å². The zero-order valence-corrected chi connectivity index (χ0v) is 11.1. The molecule has 19 heavy (non-hydrogen) atoms. The Balaban J connectivity index is 2.21. The van der Waals surface area contributed by atoms with Crippen molar-refractivity contribution in [1.82, 2.24) is 20.1 Å². The Morgan fingerprint density at radius 1 is 1.21 bits per heavy atom. The van der Waals surface area contributed by atoms with Crippen LogP contribution in [0, 0.1) is 6.92 Å². The van der Waals surface area contributed by atoms with Crippen LogP contribution in [0.15, 0.2) is 42.6 Å². The summed E-state index contributed by atoms with van der Waals surface area (Å²) in [6.07, 6.45) is 1.94. The van der Waals surface area contributed by atoms with E-state index in [-0.39, 0.29) is 0 Å². The summed E-state index contributed by atoms with van der Waals surface area (Å²) in [6, 6.07) is 12.3. The predicted molar refractivity (Wildman–Crippen MR) is 76.4 cm³/mol. The molecule has 0 spiro atoms. The number of aryl methyl sites for hydroxylation is 1. The largest absolute Gasteiger partial charge is 0.316 e. The standard InChI is InChI=1S/C15H16N4/c1-11-7-8-19(18-11)15-9-12(10-16-2)13-5-3-4-6-14(13)17-15/h3-9,16H,10H2,1-2H3. The minimum absolute atomic E-state index is 0.816. The van der Waals surface area contributed by atoms with Crippen molar-refractivity contribution in [2.24, 2.45) is 0 Å². The summed E-state index contributed by atoms with van der Waals surface area (Å²) in [5.74, 6) is 0.858. The molecule has 4 heteroatoms. The van der Waals surface area contributed by atoms with E-state index in [1.807, 2.05) is 49.1 Å². The normalized spacial score (nSPS) is 11.1. The Morgan fingerprint density at radius 3 is 2.79 bits per heavy atom. The highest BCUT2D eigenvalue weighted by molar-refractivity contribution is 5.83. The van der Waals surface area contributed by atoms with Gasteiger partial charge >= 0.3 is 0 Å². The van der Waals surface area contributed by atoms with E-state index < -0.39 is 0 Å². The Bertz CT molecular complexity index is 715. The average molecular weight is 252 g/mol. The highest BCUT2D eigenvalue weighted by Gasteiger charge is 2.07. The lowest BCUT2D eigenvalue weighted by molar-refractivity contribution is 0.806. The monoisotopic (exact) mass is 252 g/mol. The van der Waals surface area contributed by atoms with Crippen molar-refractivity contribution in [3.63, 3.8) is 0 Å². The summed E-state index contributed by atoms with van der Waals surface area (Å²) < 4.78 is 1.82. The molecule has 0 saturated heterocycles. The molecule has 0 aliphatic rings. The third-order valence-electron chi connectivity index (χ3n) is 3.11. The number of pyridine rings is 1. The van der Waals surface area contributed by atoms with Crippen molar-refractivity contribution in [3.05, 3.63) is 53.9 Å². The number of fused-ring (bicyclic) bond motifs is 1. The number of para-hydroxylation sites is 1. The van der Waals surface area contributed by atoms with Gasteiger partial charge in [0.15, 0.2) is 5.82 Å². The van der Waals surface area contributed by atoms with E-state index in [1.54, 1.807) is 0 Å². The lowest BCUT2D eigenvalue weighted by Crippen LogP contribution is -2.08. The van der Waals surface area contributed by atoms with Crippen molar-refractivity contribution in [2.75, 3.05) is 7.05 Å². The van der Waals surface area contributed by atoms with Gasteiger partial charge in [-0.1, -0.05) is 18.2 Å². The number of hydrogen-bond donors (Lipinski definition) is 1. The molecule has 0 bridgehead atoms. The van der Waals surface area contributed by atoms with Gasteiger partial charge in [-0.15, -0.1) is 0 Å². The highest BCUT2D eigenvalue weighted by atomic mass is 15.3. The van der Waals surface area contributed by atoms with Gasteiger partial charge in [0, 0.05) is 18.1 Å².